The van der Waals surface area contributed by atoms with Crippen LogP contribution in [0.1, 0.15) is 26.3 Å². The Kier molecular flexibility index (Phi) is 7.31. The molecule has 4 rings (SSSR count). The van der Waals surface area contributed by atoms with Gasteiger partial charge in [0.05, 0.1) is 17.3 Å². The third kappa shape index (κ3) is 5.60. The van der Waals surface area contributed by atoms with Gasteiger partial charge in [0.15, 0.2) is 0 Å². The van der Waals surface area contributed by atoms with Gasteiger partial charge in [0.1, 0.15) is 11.4 Å². The minimum Gasteiger partial charge on any atom is -0.346 e. The maximum absolute atomic E-state index is 13.7. The summed E-state index contributed by atoms with van der Waals surface area (Å²) >= 11 is 12.3. The smallest absolute Gasteiger partial charge is 0.346 e. The van der Waals surface area contributed by atoms with Gasteiger partial charge in [0.2, 0.25) is 0 Å². The van der Waals surface area contributed by atoms with E-state index >= 15 is 0 Å². The van der Waals surface area contributed by atoms with Crippen LogP contribution in [0.3, 0.4) is 0 Å². The Balaban J connectivity index is 1.62. The summed E-state index contributed by atoms with van der Waals surface area (Å²) < 4.78 is 16.3. The van der Waals surface area contributed by atoms with Crippen molar-refractivity contribution in [2.45, 2.75) is 6.54 Å². The van der Waals surface area contributed by atoms with E-state index in [9.17, 15) is 18.8 Å². The average Bonchev–Trinajstić information content (AvgIpc) is 3.15. The fraction of sp³-hybridized carbons (Fsp3) is 0.0417. The van der Waals surface area contributed by atoms with Crippen LogP contribution in [-0.2, 0) is 11.4 Å². The van der Waals surface area contributed by atoms with Crippen LogP contribution < -0.4 is 16.6 Å². The summed E-state index contributed by atoms with van der Waals surface area (Å²) in [5.41, 5.74) is 4.28. The third-order valence-corrected chi connectivity index (χ3v) is 5.43. The lowest BCUT2D eigenvalue weighted by Crippen LogP contribution is -2.39. The summed E-state index contributed by atoms with van der Waals surface area (Å²) in [6.45, 7) is 0.0391. The van der Waals surface area contributed by atoms with E-state index in [1.165, 1.54) is 47.3 Å². The highest BCUT2D eigenvalue weighted by Gasteiger charge is 2.22. The van der Waals surface area contributed by atoms with Crippen LogP contribution in [0.15, 0.2) is 83.8 Å². The molecule has 1 aromatic heterocycles. The van der Waals surface area contributed by atoms with E-state index in [-0.39, 0.29) is 22.8 Å². The van der Waals surface area contributed by atoms with Crippen LogP contribution in [0.25, 0.3) is 5.69 Å². The van der Waals surface area contributed by atoms with Crippen molar-refractivity contribution < 1.29 is 18.8 Å². The number of carbonyl (C=O) groups is 2. The topological polar surface area (TPSA) is 94.4 Å². The molecule has 0 unspecified atom stereocenters. The van der Waals surface area contributed by atoms with Crippen molar-refractivity contribution in [3.8, 4) is 5.69 Å². The van der Waals surface area contributed by atoms with Crippen LogP contribution in [0, 0.1) is 5.82 Å². The molecule has 0 aliphatic carbocycles. The highest BCUT2D eigenvalue weighted by atomic mass is 35.5. The molecular weight excluding hydrogens is 498 g/mol. The predicted octanol–water partition coefficient (Wildman–Crippen LogP) is 4.14. The second-order valence-corrected chi connectivity index (χ2v) is 8.14. The van der Waals surface area contributed by atoms with Gasteiger partial charge >= 0.3 is 5.97 Å². The molecule has 0 spiro atoms. The van der Waals surface area contributed by atoms with Crippen LogP contribution in [0.4, 0.5) is 4.39 Å². The lowest BCUT2D eigenvalue weighted by Gasteiger charge is -2.13. The van der Waals surface area contributed by atoms with Crippen molar-refractivity contribution in [1.29, 1.82) is 0 Å². The standard InChI is InChI=1S/C24H17Cl2FN4O4/c25-17-9-10-21(20(26)12-17)31-23(33)19(14-30(31)13-15-5-4-8-18(27)11-15)24(34)35-29-28-22(32)16-6-2-1-3-7-16/h1-12,14,29H,13H2,(H,28,32). The van der Waals surface area contributed by atoms with Crippen LogP contribution in [-0.4, -0.2) is 21.2 Å². The number of aromatic nitrogens is 2. The first-order valence-corrected chi connectivity index (χ1v) is 10.9. The van der Waals surface area contributed by atoms with E-state index in [0.717, 1.165) is 4.68 Å². The second kappa shape index (κ2) is 10.6. The molecule has 1 heterocycles. The van der Waals surface area contributed by atoms with Gasteiger partial charge in [-0.25, -0.2) is 13.9 Å². The van der Waals surface area contributed by atoms with Crippen LogP contribution >= 0.6 is 23.2 Å². The maximum atomic E-state index is 13.7. The quantitative estimate of drug-likeness (QED) is 0.361. The fourth-order valence-electron chi connectivity index (χ4n) is 3.31. The van der Waals surface area contributed by atoms with Gasteiger partial charge in [-0.05, 0) is 48.0 Å². The minimum absolute atomic E-state index is 0.0391. The first kappa shape index (κ1) is 24.2. The monoisotopic (exact) mass is 514 g/mol. The highest BCUT2D eigenvalue weighted by molar-refractivity contribution is 6.35. The molecule has 4 aromatic rings. The van der Waals surface area contributed by atoms with E-state index in [4.69, 9.17) is 28.0 Å². The van der Waals surface area contributed by atoms with Gasteiger partial charge in [-0.1, -0.05) is 59.1 Å². The molecular formula is C24H17Cl2FN4O4. The molecule has 11 heteroatoms. The first-order chi connectivity index (χ1) is 16.8. The van der Waals surface area contributed by atoms with Crippen molar-refractivity contribution in [2.75, 3.05) is 0 Å². The molecule has 3 aromatic carbocycles. The van der Waals surface area contributed by atoms with E-state index in [1.807, 2.05) is 0 Å². The van der Waals surface area contributed by atoms with Crippen LogP contribution in [0.2, 0.25) is 10.0 Å². The van der Waals surface area contributed by atoms with Gasteiger partial charge < -0.3 is 4.84 Å². The molecule has 1 amide bonds. The Morgan fingerprint density at radius 1 is 0.971 bits per heavy atom. The summed E-state index contributed by atoms with van der Waals surface area (Å²) in [6, 6.07) is 18.5. The molecule has 2 N–H and O–H groups in total. The number of hydrogen-bond donors (Lipinski definition) is 2. The number of halogens is 3. The number of nitrogens with one attached hydrogen (secondary N) is 2. The zero-order valence-corrected chi connectivity index (χ0v) is 19.4. The molecule has 0 atom stereocenters. The van der Waals surface area contributed by atoms with E-state index in [0.29, 0.717) is 16.1 Å². The van der Waals surface area contributed by atoms with Crippen LogP contribution in [0.5, 0.6) is 0 Å². The number of rotatable bonds is 7. The number of amides is 1. The summed E-state index contributed by atoms with van der Waals surface area (Å²) in [6.07, 6.45) is 1.25. The summed E-state index contributed by atoms with van der Waals surface area (Å²) in [5, 5.41) is 0.513. The first-order valence-electron chi connectivity index (χ1n) is 10.2. The largest absolute Gasteiger partial charge is 0.365 e. The third-order valence-electron chi connectivity index (χ3n) is 4.89. The molecule has 0 fully saturated rings. The number of carbonyl (C=O) groups excluding carboxylic acids is 2. The van der Waals surface area contributed by atoms with E-state index in [1.54, 1.807) is 36.4 Å². The average molecular weight is 515 g/mol. The molecule has 0 radical (unpaired) electrons. The Morgan fingerprint density at radius 3 is 2.46 bits per heavy atom. The number of benzene rings is 3. The summed E-state index contributed by atoms with van der Waals surface area (Å²) in [7, 11) is 0. The molecule has 0 bridgehead atoms. The van der Waals surface area contributed by atoms with E-state index < -0.39 is 23.3 Å². The molecule has 0 aliphatic rings. The fourth-order valence-corrected chi connectivity index (χ4v) is 3.80. The zero-order valence-electron chi connectivity index (χ0n) is 17.9. The van der Waals surface area contributed by atoms with Crippen molar-refractivity contribution in [1.82, 2.24) is 20.4 Å². The van der Waals surface area contributed by atoms with Gasteiger partial charge in [0.25, 0.3) is 11.5 Å². The van der Waals surface area contributed by atoms with Crippen molar-refractivity contribution in [3.63, 3.8) is 0 Å². The Bertz CT molecular complexity index is 1450. The van der Waals surface area contributed by atoms with Gasteiger partial charge in [0, 0.05) is 16.8 Å². The molecule has 0 saturated carbocycles. The lowest BCUT2D eigenvalue weighted by molar-refractivity contribution is 0.0136. The van der Waals surface area contributed by atoms with Gasteiger partial charge in [-0.15, -0.1) is 0 Å². The lowest BCUT2D eigenvalue weighted by atomic mass is 10.2. The molecule has 0 aliphatic heterocycles. The van der Waals surface area contributed by atoms with Crippen molar-refractivity contribution in [3.05, 3.63) is 122 Å². The number of nitrogens with zero attached hydrogens (tertiary/aromatic N) is 2. The van der Waals surface area contributed by atoms with Crippen molar-refractivity contribution >= 4 is 35.1 Å². The SMILES string of the molecule is O=C(NNOC(=O)c1cn(Cc2cccc(F)c2)n(-c2ccc(Cl)cc2Cl)c1=O)c1ccccc1. The molecule has 35 heavy (non-hydrogen) atoms. The molecule has 0 saturated heterocycles. The summed E-state index contributed by atoms with van der Waals surface area (Å²) in [5.74, 6) is -2.06. The number of hydrazine groups is 1. The normalized spacial score (nSPS) is 10.7. The predicted molar refractivity (Wildman–Crippen MR) is 128 cm³/mol. The minimum atomic E-state index is -1.06. The van der Waals surface area contributed by atoms with Crippen molar-refractivity contribution in [2.24, 2.45) is 0 Å². The summed E-state index contributed by atoms with van der Waals surface area (Å²) in [4.78, 5) is 42.8. The highest BCUT2D eigenvalue weighted by Crippen LogP contribution is 2.24. The number of hydrogen-bond acceptors (Lipinski definition) is 5. The maximum Gasteiger partial charge on any atom is 0.365 e. The Labute approximate surface area is 208 Å². The Morgan fingerprint density at radius 2 is 1.74 bits per heavy atom. The molecule has 178 valence electrons. The zero-order chi connectivity index (χ0) is 24.9. The molecule has 8 nitrogen and oxygen atoms in total. The van der Waals surface area contributed by atoms with Gasteiger partial charge in [-0.2, -0.15) is 0 Å². The van der Waals surface area contributed by atoms with E-state index in [2.05, 4.69) is 11.0 Å². The second-order valence-electron chi connectivity index (χ2n) is 7.29. The van der Waals surface area contributed by atoms with Gasteiger partial charge in [-0.3, -0.25) is 19.7 Å². The Hall–Kier alpha value is -3.92.